The van der Waals surface area contributed by atoms with Gasteiger partial charge in [-0.1, -0.05) is 24.6 Å². The third-order valence-electron chi connectivity index (χ3n) is 4.36. The van der Waals surface area contributed by atoms with E-state index in [4.69, 9.17) is 16.7 Å². The van der Waals surface area contributed by atoms with E-state index in [1.165, 1.54) is 18.4 Å². The minimum Gasteiger partial charge on any atom is -0.396 e. The lowest BCUT2D eigenvalue weighted by molar-refractivity contribution is 0.279. The maximum atomic E-state index is 9.03. The summed E-state index contributed by atoms with van der Waals surface area (Å²) < 4.78 is 0. The molecule has 0 bridgehead atoms. The number of aliphatic hydroxyl groups is 1. The largest absolute Gasteiger partial charge is 0.396 e. The molecule has 4 heteroatoms. The first-order valence-electron chi connectivity index (χ1n) is 8.07. The van der Waals surface area contributed by atoms with Crippen molar-refractivity contribution >= 4 is 17.3 Å². The molecule has 1 heterocycles. The first-order chi connectivity index (χ1) is 10.2. The van der Waals surface area contributed by atoms with Crippen molar-refractivity contribution in [2.24, 2.45) is 0 Å². The SMILES string of the molecule is CCNC(C)c1ccc(N2CCCC2CCCO)c(Cl)c1. The van der Waals surface area contributed by atoms with E-state index in [0.29, 0.717) is 12.1 Å². The van der Waals surface area contributed by atoms with Gasteiger partial charge in [-0.05, 0) is 56.8 Å². The summed E-state index contributed by atoms with van der Waals surface area (Å²) in [6.45, 7) is 6.57. The van der Waals surface area contributed by atoms with Gasteiger partial charge in [0.1, 0.15) is 0 Å². The van der Waals surface area contributed by atoms with Gasteiger partial charge in [0.15, 0.2) is 0 Å². The fourth-order valence-corrected chi connectivity index (χ4v) is 3.53. The quantitative estimate of drug-likeness (QED) is 0.805. The van der Waals surface area contributed by atoms with Crippen LogP contribution in [-0.4, -0.2) is 30.8 Å². The molecule has 21 heavy (non-hydrogen) atoms. The van der Waals surface area contributed by atoms with Gasteiger partial charge in [-0.2, -0.15) is 0 Å². The van der Waals surface area contributed by atoms with Crippen LogP contribution in [-0.2, 0) is 0 Å². The van der Waals surface area contributed by atoms with Crippen molar-refractivity contribution in [3.05, 3.63) is 28.8 Å². The maximum absolute atomic E-state index is 9.03. The lowest BCUT2D eigenvalue weighted by atomic mass is 10.1. The molecular formula is C17H27ClN2O. The van der Waals surface area contributed by atoms with Gasteiger partial charge < -0.3 is 15.3 Å². The van der Waals surface area contributed by atoms with Gasteiger partial charge in [0, 0.05) is 25.2 Å². The van der Waals surface area contributed by atoms with Crippen molar-refractivity contribution in [1.29, 1.82) is 0 Å². The highest BCUT2D eigenvalue weighted by molar-refractivity contribution is 6.33. The highest BCUT2D eigenvalue weighted by atomic mass is 35.5. The molecule has 118 valence electrons. The number of nitrogens with zero attached hydrogens (tertiary/aromatic N) is 1. The van der Waals surface area contributed by atoms with Gasteiger partial charge in [0.2, 0.25) is 0 Å². The van der Waals surface area contributed by atoms with E-state index >= 15 is 0 Å². The Hall–Kier alpha value is -0.770. The van der Waals surface area contributed by atoms with Gasteiger partial charge in [0.05, 0.1) is 10.7 Å². The Labute approximate surface area is 133 Å². The number of rotatable bonds is 7. The molecule has 2 N–H and O–H groups in total. The van der Waals surface area contributed by atoms with E-state index in [2.05, 4.69) is 42.3 Å². The zero-order chi connectivity index (χ0) is 15.2. The molecule has 0 radical (unpaired) electrons. The smallest absolute Gasteiger partial charge is 0.0642 e. The third kappa shape index (κ3) is 4.12. The molecular weight excluding hydrogens is 284 g/mol. The number of hydrogen-bond donors (Lipinski definition) is 2. The van der Waals surface area contributed by atoms with E-state index in [0.717, 1.165) is 36.6 Å². The number of benzene rings is 1. The summed E-state index contributed by atoms with van der Waals surface area (Å²) in [5, 5.41) is 13.3. The zero-order valence-corrected chi connectivity index (χ0v) is 13.9. The van der Waals surface area contributed by atoms with Crippen LogP contribution in [0.25, 0.3) is 0 Å². The van der Waals surface area contributed by atoms with Crippen molar-refractivity contribution in [3.8, 4) is 0 Å². The molecule has 0 aliphatic carbocycles. The Morgan fingerprint density at radius 3 is 2.95 bits per heavy atom. The van der Waals surface area contributed by atoms with Gasteiger partial charge in [-0.15, -0.1) is 0 Å². The predicted octanol–water partition coefficient (Wildman–Crippen LogP) is 3.75. The summed E-state index contributed by atoms with van der Waals surface area (Å²) in [5.74, 6) is 0. The number of nitrogens with one attached hydrogen (secondary N) is 1. The fourth-order valence-electron chi connectivity index (χ4n) is 3.23. The highest BCUT2D eigenvalue weighted by Crippen LogP contribution is 2.35. The van der Waals surface area contributed by atoms with E-state index in [1.807, 2.05) is 0 Å². The van der Waals surface area contributed by atoms with Crippen molar-refractivity contribution in [3.63, 3.8) is 0 Å². The summed E-state index contributed by atoms with van der Waals surface area (Å²) in [6.07, 6.45) is 4.32. The standard InChI is InChI=1S/C17H27ClN2O/c1-3-19-13(2)14-8-9-17(16(18)12-14)20-10-4-6-15(20)7-5-11-21/h8-9,12-13,15,19,21H,3-7,10-11H2,1-2H3. The second-order valence-electron chi connectivity index (χ2n) is 5.85. The lowest BCUT2D eigenvalue weighted by Gasteiger charge is -2.28. The molecule has 1 aromatic rings. The summed E-state index contributed by atoms with van der Waals surface area (Å²) in [7, 11) is 0. The molecule has 2 unspecified atom stereocenters. The summed E-state index contributed by atoms with van der Waals surface area (Å²) in [4.78, 5) is 2.42. The molecule has 2 atom stereocenters. The first kappa shape index (κ1) is 16.6. The summed E-state index contributed by atoms with van der Waals surface area (Å²) >= 11 is 6.53. The number of hydrogen-bond acceptors (Lipinski definition) is 3. The fraction of sp³-hybridized carbons (Fsp3) is 0.647. The van der Waals surface area contributed by atoms with Gasteiger partial charge >= 0.3 is 0 Å². The van der Waals surface area contributed by atoms with Crippen LogP contribution in [0.1, 0.15) is 51.1 Å². The van der Waals surface area contributed by atoms with Crippen molar-refractivity contribution < 1.29 is 5.11 Å². The average Bonchev–Trinajstić information content (AvgIpc) is 2.93. The molecule has 1 aliphatic rings. The first-order valence-corrected chi connectivity index (χ1v) is 8.45. The molecule has 2 rings (SSSR count). The summed E-state index contributed by atoms with van der Waals surface area (Å²) in [6, 6.07) is 7.27. The van der Waals surface area contributed by atoms with Gasteiger partial charge in [-0.3, -0.25) is 0 Å². The molecule has 0 saturated carbocycles. The molecule has 0 aromatic heterocycles. The number of anilines is 1. The Morgan fingerprint density at radius 1 is 1.48 bits per heavy atom. The third-order valence-corrected chi connectivity index (χ3v) is 4.67. The van der Waals surface area contributed by atoms with E-state index < -0.39 is 0 Å². The van der Waals surface area contributed by atoms with Crippen LogP contribution in [0.3, 0.4) is 0 Å². The lowest BCUT2D eigenvalue weighted by Crippen LogP contribution is -2.29. The molecule has 1 aromatic carbocycles. The summed E-state index contributed by atoms with van der Waals surface area (Å²) in [5.41, 5.74) is 2.38. The topological polar surface area (TPSA) is 35.5 Å². The van der Waals surface area contributed by atoms with Crippen molar-refractivity contribution in [2.45, 2.75) is 51.6 Å². The number of halogens is 1. The monoisotopic (exact) mass is 310 g/mol. The Kier molecular flexibility index (Phi) is 6.34. The van der Waals surface area contributed by atoms with E-state index in [1.54, 1.807) is 0 Å². The van der Waals surface area contributed by atoms with Crippen molar-refractivity contribution in [1.82, 2.24) is 5.32 Å². The second kappa shape index (κ2) is 8.02. The van der Waals surface area contributed by atoms with Crippen LogP contribution in [0.15, 0.2) is 18.2 Å². The van der Waals surface area contributed by atoms with Crippen molar-refractivity contribution in [2.75, 3.05) is 24.6 Å². The van der Waals surface area contributed by atoms with Crippen LogP contribution < -0.4 is 10.2 Å². The molecule has 1 saturated heterocycles. The van der Waals surface area contributed by atoms with E-state index in [-0.39, 0.29) is 6.61 Å². The van der Waals surface area contributed by atoms with Crippen LogP contribution in [0.5, 0.6) is 0 Å². The number of aliphatic hydroxyl groups excluding tert-OH is 1. The van der Waals surface area contributed by atoms with Crippen LogP contribution in [0.2, 0.25) is 5.02 Å². The molecule has 1 aliphatic heterocycles. The molecule has 1 fully saturated rings. The highest BCUT2D eigenvalue weighted by Gasteiger charge is 2.25. The normalized spacial score (nSPS) is 20.0. The minimum absolute atomic E-state index is 0.275. The molecule has 0 amide bonds. The zero-order valence-electron chi connectivity index (χ0n) is 13.1. The van der Waals surface area contributed by atoms with Crippen LogP contribution in [0, 0.1) is 0 Å². The maximum Gasteiger partial charge on any atom is 0.0642 e. The average molecular weight is 311 g/mol. The Balaban J connectivity index is 2.12. The second-order valence-corrected chi connectivity index (χ2v) is 6.25. The molecule has 3 nitrogen and oxygen atoms in total. The van der Waals surface area contributed by atoms with Gasteiger partial charge in [-0.25, -0.2) is 0 Å². The Bertz CT molecular complexity index is 452. The predicted molar refractivity (Wildman–Crippen MR) is 90.2 cm³/mol. The van der Waals surface area contributed by atoms with Gasteiger partial charge in [0.25, 0.3) is 0 Å². The van der Waals surface area contributed by atoms with E-state index in [9.17, 15) is 0 Å². The Morgan fingerprint density at radius 2 is 2.29 bits per heavy atom. The minimum atomic E-state index is 0.275. The van der Waals surface area contributed by atoms with Crippen LogP contribution >= 0.6 is 11.6 Å². The van der Waals surface area contributed by atoms with Crippen LogP contribution in [0.4, 0.5) is 5.69 Å². The molecule has 0 spiro atoms.